The van der Waals surface area contributed by atoms with E-state index in [2.05, 4.69) is 58.9 Å². The number of esters is 1. The van der Waals surface area contributed by atoms with Crippen LogP contribution in [-0.2, 0) is 35.7 Å². The summed E-state index contributed by atoms with van der Waals surface area (Å²) in [7, 11) is 1.53. The molecule has 1 saturated carbocycles. The van der Waals surface area contributed by atoms with Crippen molar-refractivity contribution in [3.63, 3.8) is 0 Å². The number of carbonyl (C=O) groups is 1. The Morgan fingerprint density at radius 3 is 2.17 bits per heavy atom. The number of likely N-dealkylation sites (tertiary alicyclic amines) is 2. The number of hydrogen-bond acceptors (Lipinski definition) is 7. The maximum atomic E-state index is 12.9. The van der Waals surface area contributed by atoms with Crippen molar-refractivity contribution in [3.05, 3.63) is 71.8 Å². The van der Waals surface area contributed by atoms with Crippen molar-refractivity contribution in [2.24, 2.45) is 5.41 Å². The van der Waals surface area contributed by atoms with Gasteiger partial charge in [-0.2, -0.15) is 0 Å². The molecule has 3 aliphatic rings. The molecule has 2 saturated heterocycles. The van der Waals surface area contributed by atoms with E-state index in [0.717, 1.165) is 43.7 Å². The molecular formula is C32H45N7O2. The van der Waals surface area contributed by atoms with Gasteiger partial charge in [-0.1, -0.05) is 43.5 Å². The van der Waals surface area contributed by atoms with Gasteiger partial charge in [0.1, 0.15) is 17.7 Å². The highest BCUT2D eigenvalue weighted by Gasteiger charge is 2.48. The van der Waals surface area contributed by atoms with Crippen LogP contribution in [0.15, 0.2) is 49.1 Å². The van der Waals surface area contributed by atoms with Gasteiger partial charge in [-0.15, -0.1) is 0 Å². The van der Waals surface area contributed by atoms with E-state index in [1.165, 1.54) is 76.3 Å². The summed E-state index contributed by atoms with van der Waals surface area (Å²) in [5.74, 6) is 1.80. The first-order valence-corrected chi connectivity index (χ1v) is 15.4. The molecule has 2 N–H and O–H groups in total. The van der Waals surface area contributed by atoms with E-state index in [1.54, 1.807) is 12.4 Å². The zero-order valence-corrected chi connectivity index (χ0v) is 24.4. The molecule has 41 heavy (non-hydrogen) atoms. The summed E-state index contributed by atoms with van der Waals surface area (Å²) in [5.41, 5.74) is 2.70. The number of H-pyrrole nitrogens is 2. The minimum atomic E-state index is -0.155. The van der Waals surface area contributed by atoms with Gasteiger partial charge in [0.05, 0.1) is 20.2 Å². The van der Waals surface area contributed by atoms with Crippen molar-refractivity contribution in [2.75, 3.05) is 26.7 Å². The fourth-order valence-electron chi connectivity index (χ4n) is 7.45. The number of ether oxygens (including phenoxy) is 1. The molecule has 0 amide bonds. The Bertz CT molecular complexity index is 1180. The number of methoxy groups -OCH3 is 1. The van der Waals surface area contributed by atoms with Crippen molar-refractivity contribution < 1.29 is 9.53 Å². The zero-order chi connectivity index (χ0) is 28.1. The monoisotopic (exact) mass is 559 g/mol. The number of rotatable bonds is 10. The molecule has 4 heterocycles. The maximum Gasteiger partial charge on any atom is 0.323 e. The lowest BCUT2D eigenvalue weighted by Gasteiger charge is -2.43. The number of piperidine rings is 1. The largest absolute Gasteiger partial charge is 0.468 e. The first kappa shape index (κ1) is 28.1. The van der Waals surface area contributed by atoms with E-state index in [1.807, 2.05) is 12.4 Å². The van der Waals surface area contributed by atoms with Gasteiger partial charge in [0.2, 0.25) is 0 Å². The Hall–Kier alpha value is -3.01. The van der Waals surface area contributed by atoms with E-state index < -0.39 is 0 Å². The lowest BCUT2D eigenvalue weighted by molar-refractivity contribution is -0.146. The predicted molar refractivity (Wildman–Crippen MR) is 158 cm³/mol. The first-order chi connectivity index (χ1) is 20.1. The molecule has 9 nitrogen and oxygen atoms in total. The fourth-order valence-corrected chi connectivity index (χ4v) is 7.45. The van der Waals surface area contributed by atoms with Crippen molar-refractivity contribution in [3.8, 4) is 0 Å². The lowest BCUT2D eigenvalue weighted by Crippen LogP contribution is -2.46. The van der Waals surface area contributed by atoms with Gasteiger partial charge in [0, 0.05) is 50.5 Å². The average Bonchev–Trinajstić information content (AvgIpc) is 3.78. The summed E-state index contributed by atoms with van der Waals surface area (Å²) in [6, 6.07) is 9.50. The summed E-state index contributed by atoms with van der Waals surface area (Å²) in [4.78, 5) is 35.6. The zero-order valence-electron chi connectivity index (χ0n) is 24.4. The SMILES string of the molecule is COC(=O)C1CC2(CCN(C3CCCCC3)CC2)CN1Cc1ccc(CN(Cc2ncc[nH]2)Cc2ncc[nH]2)cc1. The molecular weight excluding hydrogens is 514 g/mol. The Labute approximate surface area is 243 Å². The fraction of sp³-hybridized carbons (Fsp3) is 0.594. The van der Waals surface area contributed by atoms with E-state index in [4.69, 9.17) is 4.74 Å². The van der Waals surface area contributed by atoms with E-state index in [9.17, 15) is 4.79 Å². The van der Waals surface area contributed by atoms with Crippen LogP contribution in [0.1, 0.15) is 74.1 Å². The third kappa shape index (κ3) is 6.90. The minimum absolute atomic E-state index is 0.0836. The molecule has 3 fully saturated rings. The van der Waals surface area contributed by atoms with E-state index in [-0.39, 0.29) is 17.4 Å². The molecule has 1 aliphatic carbocycles. The number of carbonyl (C=O) groups excluding carboxylic acids is 1. The van der Waals surface area contributed by atoms with Gasteiger partial charge in [-0.25, -0.2) is 9.97 Å². The van der Waals surface area contributed by atoms with Crippen molar-refractivity contribution >= 4 is 5.97 Å². The molecule has 220 valence electrons. The molecule has 2 aromatic heterocycles. The molecule has 1 spiro atoms. The van der Waals surface area contributed by atoms with Gasteiger partial charge in [0.15, 0.2) is 0 Å². The third-order valence-corrected chi connectivity index (χ3v) is 9.70. The first-order valence-electron chi connectivity index (χ1n) is 15.4. The molecule has 1 atom stereocenters. The van der Waals surface area contributed by atoms with Crippen LogP contribution in [-0.4, -0.2) is 79.4 Å². The smallest absolute Gasteiger partial charge is 0.323 e. The quantitative estimate of drug-likeness (QED) is 0.354. The summed E-state index contributed by atoms with van der Waals surface area (Å²) >= 11 is 0. The topological polar surface area (TPSA) is 93.4 Å². The van der Waals surface area contributed by atoms with Crippen LogP contribution in [0.4, 0.5) is 0 Å². The van der Waals surface area contributed by atoms with Crippen LogP contribution in [0.25, 0.3) is 0 Å². The minimum Gasteiger partial charge on any atom is -0.468 e. The lowest BCUT2D eigenvalue weighted by atomic mass is 9.76. The molecule has 2 aliphatic heterocycles. The molecule has 1 aromatic carbocycles. The molecule has 3 aromatic rings. The Morgan fingerprint density at radius 1 is 0.951 bits per heavy atom. The van der Waals surface area contributed by atoms with Crippen LogP contribution < -0.4 is 0 Å². The maximum absolute atomic E-state index is 12.9. The molecule has 0 radical (unpaired) electrons. The number of nitrogens with zero attached hydrogens (tertiary/aromatic N) is 5. The Morgan fingerprint density at radius 2 is 1.59 bits per heavy atom. The Balaban J connectivity index is 1.08. The van der Waals surface area contributed by atoms with Crippen LogP contribution in [0, 0.1) is 5.41 Å². The molecule has 6 rings (SSSR count). The number of aromatic nitrogens is 4. The average molecular weight is 560 g/mol. The van der Waals surface area contributed by atoms with Gasteiger partial charge < -0.3 is 19.6 Å². The van der Waals surface area contributed by atoms with E-state index in [0.29, 0.717) is 13.1 Å². The van der Waals surface area contributed by atoms with Gasteiger partial charge >= 0.3 is 5.97 Å². The van der Waals surface area contributed by atoms with Crippen LogP contribution in [0.3, 0.4) is 0 Å². The molecule has 0 bridgehead atoms. The number of nitrogens with one attached hydrogen (secondary N) is 2. The van der Waals surface area contributed by atoms with Crippen molar-refractivity contribution in [1.82, 2.24) is 34.6 Å². The van der Waals surface area contributed by atoms with Gasteiger partial charge in [-0.3, -0.25) is 14.6 Å². The second-order valence-corrected chi connectivity index (χ2v) is 12.5. The summed E-state index contributed by atoms with van der Waals surface area (Å²) in [6.45, 7) is 6.32. The second kappa shape index (κ2) is 12.9. The number of imidazole rings is 2. The van der Waals surface area contributed by atoms with Gasteiger partial charge in [-0.05, 0) is 61.7 Å². The number of aromatic amines is 2. The molecule has 9 heteroatoms. The molecule has 1 unspecified atom stereocenters. The van der Waals surface area contributed by atoms with Crippen molar-refractivity contribution in [2.45, 2.75) is 89.6 Å². The highest BCUT2D eigenvalue weighted by Crippen LogP contribution is 2.45. The normalized spacial score (nSPS) is 22.0. The summed E-state index contributed by atoms with van der Waals surface area (Å²) in [5, 5.41) is 0. The highest BCUT2D eigenvalue weighted by molar-refractivity contribution is 5.76. The highest BCUT2D eigenvalue weighted by atomic mass is 16.5. The Kier molecular flexibility index (Phi) is 8.84. The van der Waals surface area contributed by atoms with E-state index >= 15 is 0 Å². The number of benzene rings is 1. The summed E-state index contributed by atoms with van der Waals surface area (Å²) in [6.07, 6.45) is 17.5. The predicted octanol–water partition coefficient (Wildman–Crippen LogP) is 4.50. The standard InChI is InChI=1S/C32H45N7O2/c1-41-31(40)28-19-32(11-17-38(18-12-32)27-5-3-2-4-6-27)24-39(28)21-26-9-7-25(8-10-26)20-37(22-29-33-13-14-34-29)23-30-35-15-16-36-30/h7-10,13-16,27-28H,2-6,11-12,17-24H2,1H3,(H,33,34)(H,35,36). The number of hydrogen-bond donors (Lipinski definition) is 2. The second-order valence-electron chi connectivity index (χ2n) is 12.5. The third-order valence-electron chi connectivity index (χ3n) is 9.70. The van der Waals surface area contributed by atoms with Crippen LogP contribution >= 0.6 is 0 Å². The van der Waals surface area contributed by atoms with Crippen LogP contribution in [0.5, 0.6) is 0 Å². The van der Waals surface area contributed by atoms with Gasteiger partial charge in [0.25, 0.3) is 0 Å². The van der Waals surface area contributed by atoms with Crippen molar-refractivity contribution in [1.29, 1.82) is 0 Å². The van der Waals surface area contributed by atoms with Crippen LogP contribution in [0.2, 0.25) is 0 Å². The summed E-state index contributed by atoms with van der Waals surface area (Å²) < 4.78 is 5.29.